The second-order valence-electron chi connectivity index (χ2n) is 8.91. The number of esters is 2. The van der Waals surface area contributed by atoms with Crippen molar-refractivity contribution in [1.82, 2.24) is 0 Å². The molecule has 210 valence electrons. The molecular weight excluding hydrogens is 488 g/mol. The minimum atomic E-state index is -0.644. The van der Waals surface area contributed by atoms with Crippen LogP contribution in [0.4, 0.5) is 11.4 Å². The van der Waals surface area contributed by atoms with Gasteiger partial charge in [0, 0.05) is 19.2 Å². The quantitative estimate of drug-likeness (QED) is 0.273. The van der Waals surface area contributed by atoms with Gasteiger partial charge in [0.25, 0.3) is 0 Å². The van der Waals surface area contributed by atoms with E-state index in [0.717, 1.165) is 29.5 Å². The zero-order valence-electron chi connectivity index (χ0n) is 23.8. The van der Waals surface area contributed by atoms with Gasteiger partial charge in [-0.15, -0.1) is 0 Å². The van der Waals surface area contributed by atoms with Crippen molar-refractivity contribution in [1.29, 1.82) is 0 Å². The van der Waals surface area contributed by atoms with Crippen LogP contribution in [0.25, 0.3) is 0 Å². The standard InChI is InChI=1S/C15H23NO3.C14H19NO4/c1-5-7-19-14(6-2)11-9-12(15(17)18-4)13(16)8-10(11)3;1-5-13(17)10-7-11(14(18)19-4)12(6-8(10)2)15-9(3)16/h8-9,14H,5-7,16H2,1-4H3;6-7,13,17H,5H2,1-4H3,(H,15,16). The van der Waals surface area contributed by atoms with E-state index in [4.69, 9.17) is 19.9 Å². The van der Waals surface area contributed by atoms with Crippen LogP contribution in [0.1, 0.15) is 102 Å². The summed E-state index contributed by atoms with van der Waals surface area (Å²) in [7, 11) is 2.63. The minimum absolute atomic E-state index is 0.0102. The summed E-state index contributed by atoms with van der Waals surface area (Å²) in [6, 6.07) is 6.84. The Labute approximate surface area is 225 Å². The van der Waals surface area contributed by atoms with Gasteiger partial charge >= 0.3 is 11.9 Å². The number of benzene rings is 2. The Morgan fingerprint density at radius 2 is 1.45 bits per heavy atom. The van der Waals surface area contributed by atoms with Gasteiger partial charge in [-0.3, -0.25) is 4.79 Å². The van der Waals surface area contributed by atoms with Crippen molar-refractivity contribution in [2.45, 2.75) is 73.0 Å². The largest absolute Gasteiger partial charge is 0.465 e. The summed E-state index contributed by atoms with van der Waals surface area (Å²) >= 11 is 0. The number of hydrogen-bond acceptors (Lipinski definition) is 8. The Hall–Kier alpha value is -3.43. The Balaban J connectivity index is 0.000000380. The Morgan fingerprint density at radius 1 is 0.895 bits per heavy atom. The fraction of sp³-hybridized carbons (Fsp3) is 0.483. The second kappa shape index (κ2) is 15.7. The number of anilines is 2. The lowest BCUT2D eigenvalue weighted by atomic mass is 9.97. The number of amides is 1. The molecule has 1 amide bonds. The van der Waals surface area contributed by atoms with E-state index in [9.17, 15) is 19.5 Å². The van der Waals surface area contributed by atoms with Crippen LogP contribution < -0.4 is 11.1 Å². The number of nitrogens with two attached hydrogens (primary N) is 1. The van der Waals surface area contributed by atoms with Crippen LogP contribution in [0, 0.1) is 13.8 Å². The molecule has 9 heteroatoms. The number of nitrogens with one attached hydrogen (secondary N) is 1. The fourth-order valence-electron chi connectivity index (χ4n) is 3.94. The summed E-state index contributed by atoms with van der Waals surface area (Å²) < 4.78 is 15.3. The number of aryl methyl sites for hydroxylation is 2. The average Bonchev–Trinajstić information content (AvgIpc) is 2.88. The molecule has 2 aromatic carbocycles. The zero-order valence-corrected chi connectivity index (χ0v) is 23.8. The number of methoxy groups -OCH3 is 2. The molecule has 0 heterocycles. The first kappa shape index (κ1) is 32.6. The highest BCUT2D eigenvalue weighted by molar-refractivity contribution is 6.01. The van der Waals surface area contributed by atoms with Gasteiger partial charge < -0.3 is 30.4 Å². The van der Waals surface area contributed by atoms with Crippen LogP contribution in [-0.4, -0.2) is 43.8 Å². The molecule has 9 nitrogen and oxygen atoms in total. The first-order valence-electron chi connectivity index (χ1n) is 12.7. The maximum absolute atomic E-state index is 11.7. The van der Waals surface area contributed by atoms with Crippen molar-refractivity contribution in [3.63, 3.8) is 0 Å². The average molecular weight is 531 g/mol. The van der Waals surface area contributed by atoms with Crippen LogP contribution in [0.3, 0.4) is 0 Å². The first-order chi connectivity index (χ1) is 17.9. The van der Waals surface area contributed by atoms with E-state index in [2.05, 4.69) is 19.2 Å². The highest BCUT2D eigenvalue weighted by Crippen LogP contribution is 2.29. The lowest BCUT2D eigenvalue weighted by molar-refractivity contribution is -0.114. The summed E-state index contributed by atoms with van der Waals surface area (Å²) in [6.45, 7) is 11.9. The maximum atomic E-state index is 11.7. The summed E-state index contributed by atoms with van der Waals surface area (Å²) in [5, 5.41) is 12.5. The molecule has 0 aromatic heterocycles. The van der Waals surface area contributed by atoms with Crippen LogP contribution in [0.2, 0.25) is 0 Å². The summed E-state index contributed by atoms with van der Waals surface area (Å²) in [4.78, 5) is 34.6. The maximum Gasteiger partial charge on any atom is 0.339 e. The molecule has 0 aliphatic heterocycles. The molecule has 2 atom stereocenters. The van der Waals surface area contributed by atoms with Gasteiger partial charge in [0.1, 0.15) is 0 Å². The van der Waals surface area contributed by atoms with Gasteiger partial charge in [-0.05, 0) is 79.6 Å². The topological polar surface area (TPSA) is 137 Å². The number of ether oxygens (including phenoxy) is 3. The number of carbonyl (C=O) groups is 3. The highest BCUT2D eigenvalue weighted by Gasteiger charge is 2.19. The van der Waals surface area contributed by atoms with Crippen LogP contribution in [0.15, 0.2) is 24.3 Å². The molecule has 0 radical (unpaired) electrons. The van der Waals surface area contributed by atoms with Gasteiger partial charge in [-0.2, -0.15) is 0 Å². The van der Waals surface area contributed by atoms with E-state index in [1.165, 1.54) is 21.1 Å². The van der Waals surface area contributed by atoms with Crippen LogP contribution in [0.5, 0.6) is 0 Å². The first-order valence-corrected chi connectivity index (χ1v) is 12.7. The third kappa shape index (κ3) is 8.85. The molecule has 4 N–H and O–H groups in total. The predicted octanol–water partition coefficient (Wildman–Crippen LogP) is 5.42. The van der Waals surface area contributed by atoms with Crippen molar-refractivity contribution in [2.24, 2.45) is 0 Å². The lowest BCUT2D eigenvalue weighted by Gasteiger charge is -2.20. The van der Waals surface area contributed by atoms with E-state index >= 15 is 0 Å². The molecule has 2 rings (SSSR count). The molecule has 0 aliphatic rings. The van der Waals surface area contributed by atoms with Gasteiger partial charge in [0.2, 0.25) is 5.91 Å². The van der Waals surface area contributed by atoms with Gasteiger partial charge in [0.05, 0.1) is 43.2 Å². The summed E-state index contributed by atoms with van der Waals surface area (Å²) in [6.07, 6.45) is 1.71. The molecule has 2 unspecified atom stereocenters. The molecule has 0 spiro atoms. The van der Waals surface area contributed by atoms with Crippen molar-refractivity contribution >= 4 is 29.2 Å². The summed E-state index contributed by atoms with van der Waals surface area (Å²) in [5.41, 5.74) is 10.9. The van der Waals surface area contributed by atoms with Crippen molar-refractivity contribution in [3.8, 4) is 0 Å². The number of carbonyl (C=O) groups excluding carboxylic acids is 3. The molecule has 2 aromatic rings. The van der Waals surface area contributed by atoms with E-state index in [0.29, 0.717) is 35.5 Å². The summed E-state index contributed by atoms with van der Waals surface area (Å²) in [5.74, 6) is -1.23. The Bertz CT molecular complexity index is 1110. The Morgan fingerprint density at radius 3 is 1.95 bits per heavy atom. The molecular formula is C29H42N2O7. The number of aliphatic hydroxyl groups is 1. The number of hydrogen-bond donors (Lipinski definition) is 3. The minimum Gasteiger partial charge on any atom is -0.465 e. The zero-order chi connectivity index (χ0) is 29.0. The third-order valence-corrected chi connectivity index (χ3v) is 5.95. The van der Waals surface area contributed by atoms with E-state index < -0.39 is 18.0 Å². The van der Waals surface area contributed by atoms with E-state index in [1.54, 1.807) is 24.3 Å². The number of rotatable bonds is 10. The molecule has 0 bridgehead atoms. The lowest BCUT2D eigenvalue weighted by Crippen LogP contribution is -2.14. The van der Waals surface area contributed by atoms with Crippen molar-refractivity contribution < 1.29 is 33.7 Å². The highest BCUT2D eigenvalue weighted by atomic mass is 16.5. The van der Waals surface area contributed by atoms with E-state index in [-0.39, 0.29) is 17.6 Å². The van der Waals surface area contributed by atoms with Gasteiger partial charge in [-0.25, -0.2) is 9.59 Å². The normalized spacial score (nSPS) is 12.0. The molecule has 0 fully saturated rings. The van der Waals surface area contributed by atoms with Gasteiger partial charge in [-0.1, -0.05) is 20.8 Å². The molecule has 0 aliphatic carbocycles. The van der Waals surface area contributed by atoms with E-state index in [1.807, 2.05) is 20.8 Å². The third-order valence-electron chi connectivity index (χ3n) is 5.95. The van der Waals surface area contributed by atoms with Crippen LogP contribution in [-0.2, 0) is 19.0 Å². The smallest absolute Gasteiger partial charge is 0.339 e. The molecule has 0 saturated heterocycles. The van der Waals surface area contributed by atoms with Gasteiger partial charge in [0.15, 0.2) is 0 Å². The number of aliphatic hydroxyl groups excluding tert-OH is 1. The second-order valence-corrected chi connectivity index (χ2v) is 8.91. The molecule has 0 saturated carbocycles. The molecule has 38 heavy (non-hydrogen) atoms. The van der Waals surface area contributed by atoms with Crippen molar-refractivity contribution in [2.75, 3.05) is 31.9 Å². The number of nitrogen functional groups attached to an aromatic ring is 1. The SMILES string of the molecule is CCC(O)c1cc(C(=O)OC)c(NC(C)=O)cc1C.CCCOC(CC)c1cc(C(=O)OC)c(N)cc1C. The predicted molar refractivity (Wildman–Crippen MR) is 148 cm³/mol. The Kier molecular flexibility index (Phi) is 13.5. The van der Waals surface area contributed by atoms with Crippen LogP contribution >= 0.6 is 0 Å². The fourth-order valence-corrected chi connectivity index (χ4v) is 3.94. The monoisotopic (exact) mass is 530 g/mol. The van der Waals surface area contributed by atoms with Crippen molar-refractivity contribution in [3.05, 3.63) is 57.6 Å².